The van der Waals surface area contributed by atoms with Crippen LogP contribution in [0, 0.1) is 11.2 Å². The number of benzene rings is 2. The predicted octanol–water partition coefficient (Wildman–Crippen LogP) is 5.14. The maximum Gasteiger partial charge on any atom is 0.226 e. The number of anilines is 1. The molecule has 2 heterocycles. The van der Waals surface area contributed by atoms with Crippen LogP contribution in [0.1, 0.15) is 45.2 Å². The summed E-state index contributed by atoms with van der Waals surface area (Å²) in [7, 11) is 0. The number of ketones is 1. The van der Waals surface area contributed by atoms with Crippen LogP contribution in [-0.4, -0.2) is 27.2 Å². The minimum absolute atomic E-state index is 0.0572. The maximum absolute atomic E-state index is 14.1. The molecule has 7 heteroatoms. The van der Waals surface area contributed by atoms with Crippen molar-refractivity contribution in [1.29, 1.82) is 0 Å². The van der Waals surface area contributed by atoms with Crippen molar-refractivity contribution in [2.75, 3.05) is 11.9 Å². The maximum atomic E-state index is 14.1. The van der Waals surface area contributed by atoms with Crippen LogP contribution in [0.3, 0.4) is 0 Å². The van der Waals surface area contributed by atoms with Crippen LogP contribution in [0.5, 0.6) is 5.75 Å². The Bertz CT molecular complexity index is 1230. The third-order valence-electron chi connectivity index (χ3n) is 5.92. The van der Waals surface area contributed by atoms with Gasteiger partial charge in [-0.1, -0.05) is 26.0 Å². The van der Waals surface area contributed by atoms with E-state index in [1.165, 1.54) is 12.1 Å². The Morgan fingerprint density at radius 1 is 1.19 bits per heavy atom. The molecule has 1 N–H and O–H groups in total. The highest BCUT2D eigenvalue weighted by Crippen LogP contribution is 2.45. The molecule has 5 rings (SSSR count). The first-order valence-electron chi connectivity index (χ1n) is 10.8. The summed E-state index contributed by atoms with van der Waals surface area (Å²) in [6, 6.07) is 13.4. The molecule has 2 aliphatic rings. The summed E-state index contributed by atoms with van der Waals surface area (Å²) in [5.74, 6) is 1.57. The molecule has 3 aromatic rings. The fourth-order valence-corrected chi connectivity index (χ4v) is 4.58. The fraction of sp³-hybridized carbons (Fsp3) is 0.320. The molecule has 0 bridgehead atoms. The van der Waals surface area contributed by atoms with E-state index < -0.39 is 6.04 Å². The van der Waals surface area contributed by atoms with Crippen LogP contribution < -0.4 is 10.1 Å². The normalized spacial score (nSPS) is 19.2. The van der Waals surface area contributed by atoms with Gasteiger partial charge in [0, 0.05) is 23.3 Å². The largest absolute Gasteiger partial charge is 0.494 e. The van der Waals surface area contributed by atoms with E-state index in [0.717, 1.165) is 17.0 Å². The Morgan fingerprint density at radius 2 is 1.97 bits per heavy atom. The van der Waals surface area contributed by atoms with Gasteiger partial charge in [0.05, 0.1) is 6.61 Å². The Balaban J connectivity index is 1.62. The van der Waals surface area contributed by atoms with E-state index in [-0.39, 0.29) is 17.0 Å². The topological polar surface area (TPSA) is 69.0 Å². The minimum atomic E-state index is -0.524. The first-order valence-corrected chi connectivity index (χ1v) is 10.8. The highest BCUT2D eigenvalue weighted by Gasteiger charge is 2.42. The number of halogens is 1. The van der Waals surface area contributed by atoms with Crippen molar-refractivity contribution in [2.24, 2.45) is 5.41 Å². The smallest absolute Gasteiger partial charge is 0.226 e. The SMILES string of the molecule is CCOc1ccc(-c2nc3n(n2)C(c2cccc(F)c2)C2=C(CC(C)(C)CC2=O)N3)cc1. The zero-order valence-electron chi connectivity index (χ0n) is 18.4. The molecular weight excluding hydrogens is 407 g/mol. The van der Waals surface area contributed by atoms with E-state index in [1.54, 1.807) is 10.7 Å². The van der Waals surface area contributed by atoms with Gasteiger partial charge in [0.25, 0.3) is 0 Å². The number of rotatable bonds is 4. The molecule has 0 radical (unpaired) electrons. The van der Waals surface area contributed by atoms with Gasteiger partial charge in [0.2, 0.25) is 5.95 Å². The number of carbonyl (C=O) groups excluding carboxylic acids is 1. The lowest BCUT2D eigenvalue weighted by Crippen LogP contribution is -2.36. The van der Waals surface area contributed by atoms with Crippen LogP contribution in [-0.2, 0) is 4.79 Å². The first-order chi connectivity index (χ1) is 15.3. The van der Waals surface area contributed by atoms with E-state index in [9.17, 15) is 9.18 Å². The van der Waals surface area contributed by atoms with Crippen molar-refractivity contribution in [3.05, 3.63) is 71.2 Å². The number of aromatic nitrogens is 3. The number of carbonyl (C=O) groups is 1. The average Bonchev–Trinajstić information content (AvgIpc) is 3.15. The molecule has 1 aromatic heterocycles. The summed E-state index contributed by atoms with van der Waals surface area (Å²) in [4.78, 5) is 18.0. The molecule has 0 amide bonds. The molecule has 164 valence electrons. The second-order valence-corrected chi connectivity index (χ2v) is 9.08. The summed E-state index contributed by atoms with van der Waals surface area (Å²) in [5, 5.41) is 8.09. The Kier molecular flexibility index (Phi) is 4.84. The summed E-state index contributed by atoms with van der Waals surface area (Å²) in [6.45, 7) is 6.70. The lowest BCUT2D eigenvalue weighted by atomic mass is 9.73. The number of allylic oxidation sites excluding steroid dienone is 2. The van der Waals surface area contributed by atoms with E-state index in [1.807, 2.05) is 37.3 Å². The van der Waals surface area contributed by atoms with Gasteiger partial charge in [-0.3, -0.25) is 4.79 Å². The molecule has 0 fully saturated rings. The predicted molar refractivity (Wildman–Crippen MR) is 120 cm³/mol. The number of Topliss-reactive ketones (excluding diaryl/α,β-unsaturated/α-hetero) is 1. The quantitative estimate of drug-likeness (QED) is 0.618. The van der Waals surface area contributed by atoms with Crippen LogP contribution in [0.2, 0.25) is 0 Å². The zero-order valence-corrected chi connectivity index (χ0v) is 18.4. The molecule has 0 saturated carbocycles. The van der Waals surface area contributed by atoms with Gasteiger partial charge in [0.1, 0.15) is 17.6 Å². The summed E-state index contributed by atoms with van der Waals surface area (Å²) in [5.41, 5.74) is 2.84. The first kappa shape index (κ1) is 20.4. The molecule has 32 heavy (non-hydrogen) atoms. The average molecular weight is 432 g/mol. The molecule has 1 unspecified atom stereocenters. The Hall–Kier alpha value is -3.48. The van der Waals surface area contributed by atoms with Gasteiger partial charge < -0.3 is 10.1 Å². The van der Waals surface area contributed by atoms with Gasteiger partial charge in [-0.05, 0) is 60.7 Å². The molecule has 1 aliphatic heterocycles. The monoisotopic (exact) mass is 432 g/mol. The van der Waals surface area contributed by atoms with Crippen molar-refractivity contribution < 1.29 is 13.9 Å². The zero-order chi connectivity index (χ0) is 22.5. The molecule has 0 saturated heterocycles. The number of fused-ring (bicyclic) bond motifs is 1. The van der Waals surface area contributed by atoms with E-state index >= 15 is 0 Å². The Labute approximate surface area is 186 Å². The third kappa shape index (κ3) is 3.57. The van der Waals surface area contributed by atoms with Crippen LogP contribution in [0.4, 0.5) is 10.3 Å². The summed E-state index contributed by atoms with van der Waals surface area (Å²) < 4.78 is 21.4. The summed E-state index contributed by atoms with van der Waals surface area (Å²) >= 11 is 0. The highest BCUT2D eigenvalue weighted by atomic mass is 19.1. The second kappa shape index (κ2) is 7.58. The van der Waals surface area contributed by atoms with Gasteiger partial charge in [-0.15, -0.1) is 5.10 Å². The fourth-order valence-electron chi connectivity index (χ4n) is 4.58. The summed E-state index contributed by atoms with van der Waals surface area (Å²) in [6.07, 6.45) is 1.15. The van der Waals surface area contributed by atoms with Crippen molar-refractivity contribution in [3.8, 4) is 17.1 Å². The second-order valence-electron chi connectivity index (χ2n) is 9.08. The number of nitrogens with one attached hydrogen (secondary N) is 1. The molecule has 1 atom stereocenters. The number of nitrogens with zero attached hydrogens (tertiary/aromatic N) is 3. The number of ether oxygens (including phenoxy) is 1. The molecule has 6 nitrogen and oxygen atoms in total. The van der Waals surface area contributed by atoms with E-state index in [0.29, 0.717) is 42.4 Å². The lowest BCUT2D eigenvalue weighted by molar-refractivity contribution is -0.118. The van der Waals surface area contributed by atoms with Crippen molar-refractivity contribution in [3.63, 3.8) is 0 Å². The lowest BCUT2D eigenvalue weighted by Gasteiger charge is -2.38. The van der Waals surface area contributed by atoms with Crippen LogP contribution in [0.15, 0.2) is 59.8 Å². The number of hydrogen-bond donors (Lipinski definition) is 1. The number of hydrogen-bond acceptors (Lipinski definition) is 5. The molecule has 1 aliphatic carbocycles. The molecular formula is C25H25FN4O2. The van der Waals surface area contributed by atoms with Crippen molar-refractivity contribution in [2.45, 2.75) is 39.7 Å². The van der Waals surface area contributed by atoms with Crippen LogP contribution in [0.25, 0.3) is 11.4 Å². The van der Waals surface area contributed by atoms with E-state index in [4.69, 9.17) is 14.8 Å². The highest BCUT2D eigenvalue weighted by molar-refractivity contribution is 6.00. The standard InChI is InChI=1S/C25H25FN4O2/c1-4-32-18-10-8-15(9-11-18)23-28-24-27-19-13-25(2,3)14-20(31)21(19)22(30(24)29-23)16-6-5-7-17(26)12-16/h5-12,22H,4,13-14H2,1-3H3,(H,27,28,29). The van der Waals surface area contributed by atoms with Crippen molar-refractivity contribution >= 4 is 11.7 Å². The van der Waals surface area contributed by atoms with E-state index in [2.05, 4.69) is 19.2 Å². The third-order valence-corrected chi connectivity index (χ3v) is 5.92. The molecule has 2 aromatic carbocycles. The van der Waals surface area contributed by atoms with Gasteiger partial charge in [-0.2, -0.15) is 4.98 Å². The van der Waals surface area contributed by atoms with Gasteiger partial charge >= 0.3 is 0 Å². The Morgan fingerprint density at radius 3 is 2.69 bits per heavy atom. The van der Waals surface area contributed by atoms with Gasteiger partial charge in [-0.25, -0.2) is 9.07 Å². The van der Waals surface area contributed by atoms with Crippen LogP contribution >= 0.6 is 0 Å². The molecule has 0 spiro atoms. The van der Waals surface area contributed by atoms with Crippen molar-refractivity contribution in [1.82, 2.24) is 14.8 Å². The minimum Gasteiger partial charge on any atom is -0.494 e. The van der Waals surface area contributed by atoms with Gasteiger partial charge in [0.15, 0.2) is 11.6 Å².